The molecule has 0 aliphatic carbocycles. The molecule has 60 heavy (non-hydrogen) atoms. The molecule has 0 saturated carbocycles. The number of aromatic amines is 1. The smallest absolute Gasteiger partial charge is 0.245 e. The minimum absolute atomic E-state index is 0.0894. The fraction of sp³-hybridized carbons (Fsp3) is 0.684. The molecule has 22 heteroatoms. The molecule has 0 saturated heterocycles. The van der Waals surface area contributed by atoms with E-state index in [1.165, 1.54) is 26.4 Å². The van der Waals surface area contributed by atoms with Crippen LogP contribution in [0.1, 0.15) is 92.2 Å². The first-order chi connectivity index (χ1) is 28.3. The summed E-state index contributed by atoms with van der Waals surface area (Å²) >= 11 is 0. The highest BCUT2D eigenvalue weighted by Gasteiger charge is 2.33. The molecule has 0 bridgehead atoms. The van der Waals surface area contributed by atoms with Crippen molar-refractivity contribution in [3.8, 4) is 0 Å². The van der Waals surface area contributed by atoms with Crippen molar-refractivity contribution >= 4 is 53.6 Å². The van der Waals surface area contributed by atoms with E-state index in [9.17, 15) is 43.5 Å². The predicted octanol–water partition coefficient (Wildman–Crippen LogP) is -3.15. The maximum absolute atomic E-state index is 14.0. The number of nitrogens with zero attached hydrogens (tertiary/aromatic N) is 2. The number of hydrogen-bond donors (Lipinski definition) is 12. The van der Waals surface area contributed by atoms with E-state index in [0.29, 0.717) is 37.8 Å². The summed E-state index contributed by atoms with van der Waals surface area (Å²) in [4.78, 5) is 115. The highest BCUT2D eigenvalue weighted by Crippen LogP contribution is 2.11. The van der Waals surface area contributed by atoms with Gasteiger partial charge < -0.3 is 69.3 Å². The van der Waals surface area contributed by atoms with Crippen molar-refractivity contribution in [2.24, 2.45) is 34.0 Å². The number of aldehydes is 1. The molecular formula is C38H67N13O9. The number of aliphatic hydroxyl groups is 1. The zero-order chi connectivity index (χ0) is 45.4. The molecule has 1 heterocycles. The summed E-state index contributed by atoms with van der Waals surface area (Å²) in [5, 5.41) is 27.8. The van der Waals surface area contributed by atoms with Gasteiger partial charge in [-0.3, -0.25) is 38.6 Å². The van der Waals surface area contributed by atoms with Gasteiger partial charge in [0.2, 0.25) is 41.4 Å². The number of nitrogens with one attached hydrogen (secondary N) is 8. The number of hydrogen-bond acceptors (Lipinski definition) is 12. The van der Waals surface area contributed by atoms with E-state index in [1.807, 2.05) is 27.7 Å². The van der Waals surface area contributed by atoms with Gasteiger partial charge in [-0.05, 0) is 70.3 Å². The largest absolute Gasteiger partial charge is 0.394 e. The molecule has 1 aromatic heterocycles. The monoisotopic (exact) mass is 850 g/mol. The van der Waals surface area contributed by atoms with E-state index in [-0.39, 0.29) is 56.4 Å². The Morgan fingerprint density at radius 3 is 1.75 bits per heavy atom. The number of aromatic nitrogens is 2. The topological polar surface area (TPSA) is 360 Å². The van der Waals surface area contributed by atoms with Gasteiger partial charge in [0.05, 0.1) is 19.0 Å². The number of rotatable bonds is 29. The minimum atomic E-state index is -1.35. The summed E-state index contributed by atoms with van der Waals surface area (Å²) in [5.74, 6) is -5.20. The van der Waals surface area contributed by atoms with Crippen LogP contribution in [0.15, 0.2) is 17.5 Å². The highest BCUT2D eigenvalue weighted by molar-refractivity contribution is 5.97. The van der Waals surface area contributed by atoms with E-state index >= 15 is 0 Å². The zero-order valence-electron chi connectivity index (χ0n) is 35.5. The lowest BCUT2D eigenvalue weighted by Crippen LogP contribution is -2.60. The number of imidazole rings is 1. The van der Waals surface area contributed by atoms with Gasteiger partial charge in [-0.1, -0.05) is 27.7 Å². The van der Waals surface area contributed by atoms with Crippen molar-refractivity contribution in [1.82, 2.24) is 47.2 Å². The lowest BCUT2D eigenvalue weighted by molar-refractivity contribution is -0.136. The third kappa shape index (κ3) is 20.9. The molecule has 0 radical (unpaired) electrons. The first kappa shape index (κ1) is 52.4. The molecular weight excluding hydrogens is 782 g/mol. The van der Waals surface area contributed by atoms with Crippen molar-refractivity contribution in [3.05, 3.63) is 18.2 Å². The Morgan fingerprint density at radius 1 is 0.717 bits per heavy atom. The summed E-state index contributed by atoms with van der Waals surface area (Å²) in [6.45, 7) is 9.76. The van der Waals surface area contributed by atoms with Crippen LogP contribution in [0.25, 0.3) is 0 Å². The van der Waals surface area contributed by atoms with E-state index in [4.69, 9.17) is 17.2 Å². The molecule has 0 fully saturated rings. The average molecular weight is 850 g/mol. The lowest BCUT2D eigenvalue weighted by atomic mass is 10.00. The average Bonchev–Trinajstić information content (AvgIpc) is 3.69. The summed E-state index contributed by atoms with van der Waals surface area (Å²) in [6.07, 6.45) is 5.35. The Kier molecular flexibility index (Phi) is 24.4. The maximum Gasteiger partial charge on any atom is 0.245 e. The molecule has 7 amide bonds. The Labute approximate surface area is 350 Å². The second-order valence-corrected chi connectivity index (χ2v) is 15.4. The molecule has 0 unspecified atom stereocenters. The molecule has 7 atom stereocenters. The van der Waals surface area contributed by atoms with E-state index < -0.39 is 90.3 Å². The van der Waals surface area contributed by atoms with Gasteiger partial charge in [0.15, 0.2) is 5.96 Å². The Morgan fingerprint density at radius 2 is 1.25 bits per heavy atom. The van der Waals surface area contributed by atoms with Crippen LogP contribution in [0.4, 0.5) is 0 Å². The van der Waals surface area contributed by atoms with Crippen molar-refractivity contribution in [1.29, 1.82) is 0 Å². The first-order valence-corrected chi connectivity index (χ1v) is 20.2. The summed E-state index contributed by atoms with van der Waals surface area (Å²) in [6, 6.07) is -8.07. The number of unbranched alkanes of at least 4 members (excludes halogenated alkanes) is 1. The standard InChI is InChI=1S/C38H67N13O9/c1-21(2)14-28(34(57)45-23(5)32(55)47-25(18-52)10-9-13-43-38(40)41)49-33(56)27(11-7-8-12-39)48-35(58)29(15-22(3)4)50-36(59)30(16-26-17-42-20-44-26)51-37(60)31(19-53)46-24(6)54/h17-18,20-23,25,27-31,53H,7-16,19,39H2,1-6H3,(H,42,44)(H,45,57)(H,46,54)(H,47,55)(H,48,58)(H,49,56)(H,50,59)(H,51,60)(H4,40,41,43)/t23-,25-,27-,28-,29-,30-,31-/m0/s1. The summed E-state index contributed by atoms with van der Waals surface area (Å²) in [7, 11) is 0. The number of H-pyrrole nitrogens is 1. The Bertz CT molecular complexity index is 1570. The number of aliphatic hydroxyl groups excluding tert-OH is 1. The third-order valence-electron chi connectivity index (χ3n) is 8.96. The molecule has 22 nitrogen and oxygen atoms in total. The third-order valence-corrected chi connectivity index (χ3v) is 8.96. The fourth-order valence-electron chi connectivity index (χ4n) is 5.90. The second kappa shape index (κ2) is 27.9. The summed E-state index contributed by atoms with van der Waals surface area (Å²) < 4.78 is 0. The lowest BCUT2D eigenvalue weighted by Gasteiger charge is -2.28. The normalized spacial score (nSPS) is 14.6. The molecule has 338 valence electrons. The number of carbonyl (C=O) groups is 8. The molecule has 0 aliphatic rings. The van der Waals surface area contributed by atoms with Crippen LogP contribution in [0.5, 0.6) is 0 Å². The highest BCUT2D eigenvalue weighted by atomic mass is 16.3. The predicted molar refractivity (Wildman–Crippen MR) is 222 cm³/mol. The number of guanidine groups is 1. The Balaban J connectivity index is 3.24. The van der Waals surface area contributed by atoms with E-state index in [1.54, 1.807) is 0 Å². The van der Waals surface area contributed by atoms with Gasteiger partial charge in [-0.2, -0.15) is 0 Å². The molecule has 0 aromatic carbocycles. The van der Waals surface area contributed by atoms with Crippen molar-refractivity contribution in [2.45, 2.75) is 135 Å². The first-order valence-electron chi connectivity index (χ1n) is 20.2. The van der Waals surface area contributed by atoms with Gasteiger partial charge in [-0.25, -0.2) is 4.98 Å². The molecule has 0 aliphatic heterocycles. The fourth-order valence-corrected chi connectivity index (χ4v) is 5.90. The SMILES string of the molecule is CC(=O)N[C@@H](CO)C(=O)N[C@@H](Cc1cnc[nH]1)C(=O)N[C@@H](CC(C)C)C(=O)N[C@@H](CCCCN)C(=O)N[C@@H](CC(C)C)C(=O)N[C@@H](C)C(=O)N[C@H](C=O)CCCN=C(N)N. The van der Waals surface area contributed by atoms with Gasteiger partial charge in [0, 0.05) is 31.8 Å². The van der Waals surface area contributed by atoms with Crippen LogP contribution in [-0.4, -0.2) is 131 Å². The molecule has 1 rings (SSSR count). The summed E-state index contributed by atoms with van der Waals surface area (Å²) in [5.41, 5.74) is 16.8. The maximum atomic E-state index is 14.0. The van der Waals surface area contributed by atoms with Crippen LogP contribution in [0.3, 0.4) is 0 Å². The van der Waals surface area contributed by atoms with Crippen LogP contribution in [0, 0.1) is 11.8 Å². The number of carbonyl (C=O) groups excluding carboxylic acids is 8. The van der Waals surface area contributed by atoms with Crippen LogP contribution in [-0.2, 0) is 44.8 Å². The Hall–Kier alpha value is -5.64. The van der Waals surface area contributed by atoms with Gasteiger partial charge in [0.25, 0.3) is 0 Å². The van der Waals surface area contributed by atoms with Gasteiger partial charge in [0.1, 0.15) is 42.5 Å². The van der Waals surface area contributed by atoms with Crippen molar-refractivity contribution in [3.63, 3.8) is 0 Å². The van der Waals surface area contributed by atoms with E-state index in [0.717, 1.165) is 0 Å². The zero-order valence-corrected chi connectivity index (χ0v) is 35.5. The molecule has 15 N–H and O–H groups in total. The number of aliphatic imine (C=N–C) groups is 1. The van der Waals surface area contributed by atoms with Crippen LogP contribution in [0.2, 0.25) is 0 Å². The van der Waals surface area contributed by atoms with Crippen molar-refractivity contribution < 1.29 is 43.5 Å². The van der Waals surface area contributed by atoms with Crippen LogP contribution >= 0.6 is 0 Å². The van der Waals surface area contributed by atoms with Crippen LogP contribution < -0.4 is 54.4 Å². The minimum Gasteiger partial charge on any atom is -0.394 e. The quantitative estimate of drug-likeness (QED) is 0.0164. The number of nitrogens with two attached hydrogens (primary N) is 3. The number of amides is 7. The van der Waals surface area contributed by atoms with Crippen molar-refractivity contribution in [2.75, 3.05) is 19.7 Å². The molecule has 1 aromatic rings. The van der Waals surface area contributed by atoms with E-state index in [2.05, 4.69) is 52.2 Å². The van der Waals surface area contributed by atoms with Gasteiger partial charge >= 0.3 is 0 Å². The second-order valence-electron chi connectivity index (χ2n) is 15.4. The van der Waals surface area contributed by atoms with Gasteiger partial charge in [-0.15, -0.1) is 0 Å². The molecule has 0 spiro atoms.